The SMILES string of the molecule is CCCCCC1CCC(C2CCC(C(F)(F)C(F)(F)c3ccc(C)c(F)c3F)CC2)CC1. The molecule has 0 bridgehead atoms. The zero-order chi connectivity index (χ0) is 23.5. The Kier molecular flexibility index (Phi) is 8.25. The first-order valence-corrected chi connectivity index (χ1v) is 12.3. The third kappa shape index (κ3) is 5.14. The summed E-state index contributed by atoms with van der Waals surface area (Å²) >= 11 is 0. The van der Waals surface area contributed by atoms with Gasteiger partial charge in [-0.25, -0.2) is 8.78 Å². The molecule has 0 aliphatic heterocycles. The first-order valence-electron chi connectivity index (χ1n) is 12.3. The molecule has 0 atom stereocenters. The van der Waals surface area contributed by atoms with Gasteiger partial charge in [-0.1, -0.05) is 51.5 Å². The summed E-state index contributed by atoms with van der Waals surface area (Å²) in [6, 6.07) is 1.51. The minimum Gasteiger partial charge on any atom is -0.203 e. The smallest absolute Gasteiger partial charge is 0.203 e. The van der Waals surface area contributed by atoms with Crippen molar-refractivity contribution in [2.75, 3.05) is 0 Å². The van der Waals surface area contributed by atoms with E-state index in [-0.39, 0.29) is 18.4 Å². The van der Waals surface area contributed by atoms with Crippen molar-refractivity contribution in [1.29, 1.82) is 0 Å². The Balaban J connectivity index is 1.58. The minimum atomic E-state index is -4.75. The van der Waals surface area contributed by atoms with E-state index in [9.17, 15) is 26.3 Å². The maximum Gasteiger partial charge on any atom is 0.338 e. The lowest BCUT2D eigenvalue weighted by Gasteiger charge is -2.41. The molecule has 0 amide bonds. The maximum atomic E-state index is 14.9. The van der Waals surface area contributed by atoms with Crippen molar-refractivity contribution < 1.29 is 26.3 Å². The van der Waals surface area contributed by atoms with Gasteiger partial charge in [-0.05, 0) is 74.8 Å². The second-order valence-electron chi connectivity index (χ2n) is 10.1. The van der Waals surface area contributed by atoms with Gasteiger partial charge in [0.05, 0.1) is 5.56 Å². The second-order valence-corrected chi connectivity index (χ2v) is 10.1. The molecule has 0 unspecified atom stereocenters. The third-order valence-electron chi connectivity index (χ3n) is 8.09. The molecule has 2 aliphatic rings. The van der Waals surface area contributed by atoms with Gasteiger partial charge in [-0.2, -0.15) is 17.6 Å². The van der Waals surface area contributed by atoms with E-state index in [4.69, 9.17) is 0 Å². The Morgan fingerprint density at radius 2 is 1.34 bits per heavy atom. The predicted octanol–water partition coefficient (Wildman–Crippen LogP) is 9.19. The number of benzene rings is 1. The second kappa shape index (κ2) is 10.4. The number of hydrogen-bond acceptors (Lipinski definition) is 0. The molecule has 0 radical (unpaired) electrons. The summed E-state index contributed by atoms with van der Waals surface area (Å²) in [6.45, 7) is 3.40. The van der Waals surface area contributed by atoms with Crippen LogP contribution in [0, 0.1) is 42.2 Å². The molecule has 0 heterocycles. The molecule has 3 rings (SSSR count). The van der Waals surface area contributed by atoms with Crippen LogP contribution in [0.2, 0.25) is 0 Å². The zero-order valence-electron chi connectivity index (χ0n) is 19.2. The molecule has 182 valence electrons. The lowest BCUT2D eigenvalue weighted by atomic mass is 9.67. The largest absolute Gasteiger partial charge is 0.338 e. The van der Waals surface area contributed by atoms with Gasteiger partial charge in [0.15, 0.2) is 11.6 Å². The maximum absolute atomic E-state index is 14.9. The Morgan fingerprint density at radius 3 is 1.91 bits per heavy atom. The fourth-order valence-corrected chi connectivity index (χ4v) is 5.91. The van der Waals surface area contributed by atoms with Gasteiger partial charge < -0.3 is 0 Å². The Hall–Kier alpha value is -1.20. The van der Waals surface area contributed by atoms with Crippen LogP contribution in [0.3, 0.4) is 0 Å². The lowest BCUT2D eigenvalue weighted by molar-refractivity contribution is -0.251. The molecule has 32 heavy (non-hydrogen) atoms. The van der Waals surface area contributed by atoms with Crippen LogP contribution in [-0.2, 0) is 5.92 Å². The van der Waals surface area contributed by atoms with Crippen molar-refractivity contribution in [3.63, 3.8) is 0 Å². The van der Waals surface area contributed by atoms with Crippen LogP contribution in [0.15, 0.2) is 12.1 Å². The van der Waals surface area contributed by atoms with E-state index < -0.39 is 35.0 Å². The molecule has 0 N–H and O–H groups in total. The van der Waals surface area contributed by atoms with Gasteiger partial charge in [0, 0.05) is 5.92 Å². The number of halogens is 6. The highest BCUT2D eigenvalue weighted by Crippen LogP contribution is 2.53. The van der Waals surface area contributed by atoms with E-state index in [0.717, 1.165) is 24.8 Å². The van der Waals surface area contributed by atoms with Gasteiger partial charge >= 0.3 is 11.8 Å². The van der Waals surface area contributed by atoms with Crippen molar-refractivity contribution in [2.24, 2.45) is 23.7 Å². The third-order valence-corrected chi connectivity index (χ3v) is 8.09. The molecule has 0 nitrogen and oxygen atoms in total. The van der Waals surface area contributed by atoms with Crippen molar-refractivity contribution in [1.82, 2.24) is 0 Å². The van der Waals surface area contributed by atoms with Crippen molar-refractivity contribution in [3.8, 4) is 0 Å². The van der Waals surface area contributed by atoms with Crippen LogP contribution >= 0.6 is 0 Å². The van der Waals surface area contributed by atoms with Gasteiger partial charge in [-0.15, -0.1) is 0 Å². The highest BCUT2D eigenvalue weighted by Gasteiger charge is 2.63. The van der Waals surface area contributed by atoms with Gasteiger partial charge in [0.1, 0.15) is 0 Å². The summed E-state index contributed by atoms with van der Waals surface area (Å²) in [6.07, 6.45) is 10.6. The summed E-state index contributed by atoms with van der Waals surface area (Å²) in [5.74, 6) is -12.5. The first kappa shape index (κ1) is 25.4. The van der Waals surface area contributed by atoms with Crippen LogP contribution in [0.4, 0.5) is 26.3 Å². The summed E-state index contributed by atoms with van der Waals surface area (Å²) in [5, 5.41) is 0. The predicted molar refractivity (Wildman–Crippen MR) is 115 cm³/mol. The van der Waals surface area contributed by atoms with Crippen molar-refractivity contribution in [2.45, 2.75) is 103 Å². The Morgan fingerprint density at radius 1 is 0.781 bits per heavy atom. The van der Waals surface area contributed by atoms with Crippen LogP contribution in [0.25, 0.3) is 0 Å². The summed E-state index contributed by atoms with van der Waals surface area (Å²) in [5.41, 5.74) is -1.74. The number of unbranched alkanes of at least 4 members (excludes halogenated alkanes) is 2. The summed E-state index contributed by atoms with van der Waals surface area (Å²) in [4.78, 5) is 0. The summed E-state index contributed by atoms with van der Waals surface area (Å²) in [7, 11) is 0. The van der Waals surface area contributed by atoms with Crippen molar-refractivity contribution >= 4 is 0 Å². The van der Waals surface area contributed by atoms with E-state index in [2.05, 4.69) is 6.92 Å². The van der Waals surface area contributed by atoms with E-state index in [1.807, 2.05) is 0 Å². The molecule has 0 spiro atoms. The molecule has 2 saturated carbocycles. The molecule has 0 saturated heterocycles. The van der Waals surface area contributed by atoms with E-state index in [0.29, 0.717) is 30.7 Å². The van der Waals surface area contributed by atoms with E-state index in [1.165, 1.54) is 45.4 Å². The van der Waals surface area contributed by atoms with Crippen molar-refractivity contribution in [3.05, 3.63) is 34.9 Å². The average Bonchev–Trinajstić information content (AvgIpc) is 2.78. The fourth-order valence-electron chi connectivity index (χ4n) is 5.91. The van der Waals surface area contributed by atoms with Crippen LogP contribution < -0.4 is 0 Å². The molecule has 1 aromatic rings. The van der Waals surface area contributed by atoms with Gasteiger partial charge in [-0.3, -0.25) is 0 Å². The first-order chi connectivity index (χ1) is 15.1. The molecule has 6 heteroatoms. The quantitative estimate of drug-likeness (QED) is 0.267. The molecule has 0 aromatic heterocycles. The standard InChI is InChI=1S/C26H36F6/c1-3-4-5-6-18-8-10-19(11-9-18)20-12-14-21(15-13-20)25(29,30)26(31,32)22-16-7-17(2)23(27)24(22)28/h7,16,18-21H,3-6,8-15H2,1-2H3. The van der Waals surface area contributed by atoms with Gasteiger partial charge in [0.25, 0.3) is 0 Å². The molecule has 2 fully saturated rings. The highest BCUT2D eigenvalue weighted by atomic mass is 19.3. The monoisotopic (exact) mass is 462 g/mol. The van der Waals surface area contributed by atoms with E-state index >= 15 is 0 Å². The number of aryl methyl sites for hydroxylation is 1. The molecular weight excluding hydrogens is 426 g/mol. The van der Waals surface area contributed by atoms with E-state index in [1.54, 1.807) is 0 Å². The molecular formula is C26H36F6. The number of hydrogen-bond donors (Lipinski definition) is 0. The Labute approximate surface area is 188 Å². The summed E-state index contributed by atoms with van der Waals surface area (Å²) < 4.78 is 87.2. The average molecular weight is 463 g/mol. The zero-order valence-corrected chi connectivity index (χ0v) is 19.2. The van der Waals surface area contributed by atoms with Gasteiger partial charge in [0.2, 0.25) is 0 Å². The lowest BCUT2D eigenvalue weighted by Crippen LogP contribution is -2.46. The van der Waals surface area contributed by atoms with Crippen LogP contribution in [-0.4, -0.2) is 5.92 Å². The fraction of sp³-hybridized carbons (Fsp3) is 0.769. The van der Waals surface area contributed by atoms with Crippen LogP contribution in [0.5, 0.6) is 0 Å². The normalized spacial score (nSPS) is 27.5. The highest BCUT2D eigenvalue weighted by molar-refractivity contribution is 5.30. The molecule has 2 aliphatic carbocycles. The minimum absolute atomic E-state index is 0.000349. The van der Waals surface area contributed by atoms with Crippen LogP contribution in [0.1, 0.15) is 95.1 Å². The molecule has 1 aromatic carbocycles. The topological polar surface area (TPSA) is 0 Å². The number of alkyl halides is 4. The Bertz CT molecular complexity index is 743. The number of rotatable bonds is 8.